The van der Waals surface area contributed by atoms with Crippen molar-refractivity contribution in [1.29, 1.82) is 0 Å². The van der Waals surface area contributed by atoms with Gasteiger partial charge in [-0.25, -0.2) is 0 Å². The van der Waals surface area contributed by atoms with E-state index in [1.165, 1.54) is 0 Å². The molecule has 0 spiro atoms. The smallest absolute Gasteiger partial charge is 0.221 e. The van der Waals surface area contributed by atoms with E-state index in [4.69, 9.17) is 4.74 Å². The molecule has 0 saturated carbocycles. The van der Waals surface area contributed by atoms with Gasteiger partial charge in [-0.2, -0.15) is 0 Å². The average molecular weight is 227 g/mol. The lowest BCUT2D eigenvalue weighted by Crippen LogP contribution is -2.24. The first kappa shape index (κ1) is 11.3. The van der Waals surface area contributed by atoms with Gasteiger partial charge < -0.3 is 4.74 Å². The van der Waals surface area contributed by atoms with Gasteiger partial charge >= 0.3 is 0 Å². The van der Waals surface area contributed by atoms with Crippen molar-refractivity contribution in [2.75, 3.05) is 0 Å². The number of hydrogen-bond acceptors (Lipinski definition) is 3. The van der Waals surface area contributed by atoms with Crippen LogP contribution in [0.3, 0.4) is 0 Å². The van der Waals surface area contributed by atoms with Crippen LogP contribution < -0.4 is 4.74 Å². The zero-order chi connectivity index (χ0) is 12.1. The highest BCUT2D eigenvalue weighted by molar-refractivity contribution is 5.97. The number of benzene rings is 1. The minimum atomic E-state index is -0.535. The van der Waals surface area contributed by atoms with Crippen LogP contribution in [0.25, 0.3) is 0 Å². The topological polar surface area (TPSA) is 39.2 Å². The normalized spacial score (nSPS) is 11.8. The lowest BCUT2D eigenvalue weighted by atomic mass is 10.2. The Hall–Kier alpha value is -2.16. The van der Waals surface area contributed by atoms with Crippen molar-refractivity contribution in [3.05, 3.63) is 60.4 Å². The third-order valence-corrected chi connectivity index (χ3v) is 2.34. The molecule has 86 valence electrons. The van der Waals surface area contributed by atoms with E-state index in [1.54, 1.807) is 31.3 Å². The number of carbonyl (C=O) groups excluding carboxylic acids is 1. The van der Waals surface area contributed by atoms with Gasteiger partial charge in [-0.05, 0) is 31.2 Å². The number of ether oxygens (including phenoxy) is 1. The summed E-state index contributed by atoms with van der Waals surface area (Å²) in [6.07, 6.45) is 1.06. The molecule has 0 unspecified atom stereocenters. The zero-order valence-electron chi connectivity index (χ0n) is 9.54. The molecule has 1 aromatic heterocycles. The van der Waals surface area contributed by atoms with Crippen LogP contribution in [0, 0.1) is 0 Å². The number of ketones is 1. The van der Waals surface area contributed by atoms with Gasteiger partial charge in [0, 0.05) is 6.20 Å². The van der Waals surface area contributed by atoms with E-state index in [0.717, 1.165) is 0 Å². The molecule has 0 bridgehead atoms. The second-order valence-electron chi connectivity index (χ2n) is 3.65. The summed E-state index contributed by atoms with van der Waals surface area (Å²) < 4.78 is 5.54. The highest BCUT2D eigenvalue weighted by atomic mass is 16.5. The Bertz CT molecular complexity index is 482. The summed E-state index contributed by atoms with van der Waals surface area (Å²) >= 11 is 0. The number of aromatic nitrogens is 1. The highest BCUT2D eigenvalue weighted by Gasteiger charge is 2.17. The molecule has 0 N–H and O–H groups in total. The van der Waals surface area contributed by atoms with Crippen molar-refractivity contribution in [3.8, 4) is 5.75 Å². The predicted molar refractivity (Wildman–Crippen MR) is 65.1 cm³/mol. The summed E-state index contributed by atoms with van der Waals surface area (Å²) in [6.45, 7) is 1.73. The molecule has 2 rings (SSSR count). The van der Waals surface area contributed by atoms with E-state index in [1.807, 2.05) is 30.3 Å². The van der Waals surface area contributed by atoms with Crippen LogP contribution in [-0.2, 0) is 0 Å². The molecule has 2 aromatic rings. The minimum absolute atomic E-state index is 0.116. The summed E-state index contributed by atoms with van der Waals surface area (Å²) in [5.41, 5.74) is 0.427. The lowest BCUT2D eigenvalue weighted by Gasteiger charge is -2.12. The Labute approximate surface area is 100 Å². The fourth-order valence-corrected chi connectivity index (χ4v) is 1.47. The van der Waals surface area contributed by atoms with E-state index in [9.17, 15) is 4.79 Å². The second-order valence-corrected chi connectivity index (χ2v) is 3.65. The first-order chi connectivity index (χ1) is 8.27. The summed E-state index contributed by atoms with van der Waals surface area (Å²) in [4.78, 5) is 16.0. The fraction of sp³-hybridized carbons (Fsp3) is 0.143. The Kier molecular flexibility index (Phi) is 3.50. The third-order valence-electron chi connectivity index (χ3n) is 2.34. The Morgan fingerprint density at radius 1 is 1.12 bits per heavy atom. The molecular formula is C14H13NO2. The Balaban J connectivity index is 2.06. The summed E-state index contributed by atoms with van der Waals surface area (Å²) in [6, 6.07) is 14.5. The quantitative estimate of drug-likeness (QED) is 0.754. The third kappa shape index (κ3) is 2.91. The van der Waals surface area contributed by atoms with E-state index in [2.05, 4.69) is 4.98 Å². The molecule has 0 saturated heterocycles. The van der Waals surface area contributed by atoms with Gasteiger partial charge in [0.2, 0.25) is 5.78 Å². The average Bonchev–Trinajstić information content (AvgIpc) is 2.40. The standard InChI is InChI=1S/C14H13NO2/c1-11(17-12-7-3-2-4-8-12)14(16)13-9-5-6-10-15-13/h2-11H,1H3/t11-/m0/s1. The van der Waals surface area contributed by atoms with E-state index < -0.39 is 6.10 Å². The number of carbonyl (C=O) groups is 1. The van der Waals surface area contributed by atoms with Crippen molar-refractivity contribution in [2.45, 2.75) is 13.0 Å². The molecule has 0 aliphatic rings. The lowest BCUT2D eigenvalue weighted by molar-refractivity contribution is 0.0813. The molecule has 1 heterocycles. The van der Waals surface area contributed by atoms with Crippen LogP contribution in [0.4, 0.5) is 0 Å². The van der Waals surface area contributed by atoms with E-state index in [-0.39, 0.29) is 5.78 Å². The number of Topliss-reactive ketones (excluding diaryl/α,β-unsaturated/α-hetero) is 1. The molecular weight excluding hydrogens is 214 g/mol. The van der Waals surface area contributed by atoms with Gasteiger partial charge in [-0.3, -0.25) is 9.78 Å². The molecule has 0 fully saturated rings. The first-order valence-corrected chi connectivity index (χ1v) is 5.44. The van der Waals surface area contributed by atoms with Gasteiger partial charge in [0.05, 0.1) is 0 Å². The monoisotopic (exact) mass is 227 g/mol. The molecule has 1 aromatic carbocycles. The molecule has 1 atom stereocenters. The summed E-state index contributed by atoms with van der Waals surface area (Å²) in [7, 11) is 0. The molecule has 3 nitrogen and oxygen atoms in total. The van der Waals surface area contributed by atoms with Crippen molar-refractivity contribution in [2.24, 2.45) is 0 Å². The van der Waals surface area contributed by atoms with E-state index in [0.29, 0.717) is 11.4 Å². The molecule has 0 aliphatic heterocycles. The first-order valence-electron chi connectivity index (χ1n) is 5.44. The SMILES string of the molecule is C[C@H](Oc1ccccc1)C(=O)c1ccccn1. The van der Waals surface area contributed by atoms with Gasteiger partial charge in [0.1, 0.15) is 11.4 Å². The second kappa shape index (κ2) is 5.25. The summed E-state index contributed by atoms with van der Waals surface area (Å²) in [5.74, 6) is 0.568. The molecule has 0 amide bonds. The number of para-hydroxylation sites is 1. The van der Waals surface area contributed by atoms with Crippen LogP contribution >= 0.6 is 0 Å². The van der Waals surface area contributed by atoms with Crippen molar-refractivity contribution >= 4 is 5.78 Å². The van der Waals surface area contributed by atoms with Crippen LogP contribution in [0.5, 0.6) is 5.75 Å². The Morgan fingerprint density at radius 2 is 1.82 bits per heavy atom. The number of hydrogen-bond donors (Lipinski definition) is 0. The maximum atomic E-state index is 12.0. The maximum Gasteiger partial charge on any atom is 0.221 e. The zero-order valence-corrected chi connectivity index (χ0v) is 9.54. The van der Waals surface area contributed by atoms with Gasteiger partial charge in [0.15, 0.2) is 6.10 Å². The van der Waals surface area contributed by atoms with Gasteiger partial charge in [-0.15, -0.1) is 0 Å². The fourth-order valence-electron chi connectivity index (χ4n) is 1.47. The number of pyridine rings is 1. The van der Waals surface area contributed by atoms with Crippen LogP contribution in [0.15, 0.2) is 54.7 Å². The van der Waals surface area contributed by atoms with Gasteiger partial charge in [-0.1, -0.05) is 24.3 Å². The van der Waals surface area contributed by atoms with E-state index >= 15 is 0 Å². The summed E-state index contributed by atoms with van der Waals surface area (Å²) in [5, 5.41) is 0. The molecule has 0 aliphatic carbocycles. The van der Waals surface area contributed by atoms with Gasteiger partial charge in [0.25, 0.3) is 0 Å². The number of rotatable bonds is 4. The van der Waals surface area contributed by atoms with Crippen LogP contribution in [0.2, 0.25) is 0 Å². The number of nitrogens with zero attached hydrogens (tertiary/aromatic N) is 1. The van der Waals surface area contributed by atoms with Crippen LogP contribution in [0.1, 0.15) is 17.4 Å². The van der Waals surface area contributed by atoms with Crippen molar-refractivity contribution in [3.63, 3.8) is 0 Å². The van der Waals surface area contributed by atoms with Crippen LogP contribution in [-0.4, -0.2) is 16.9 Å². The van der Waals surface area contributed by atoms with Crippen molar-refractivity contribution in [1.82, 2.24) is 4.98 Å². The van der Waals surface area contributed by atoms with Crippen molar-refractivity contribution < 1.29 is 9.53 Å². The minimum Gasteiger partial charge on any atom is -0.483 e. The highest BCUT2D eigenvalue weighted by Crippen LogP contribution is 2.12. The Morgan fingerprint density at radius 3 is 2.47 bits per heavy atom. The predicted octanol–water partition coefficient (Wildman–Crippen LogP) is 2.73. The molecule has 17 heavy (non-hydrogen) atoms. The maximum absolute atomic E-state index is 12.0. The molecule has 3 heteroatoms. The largest absolute Gasteiger partial charge is 0.483 e. The molecule has 0 radical (unpaired) electrons.